The maximum Gasteiger partial charge on any atom is 0.231 e. The van der Waals surface area contributed by atoms with E-state index in [9.17, 15) is 10.2 Å². The lowest BCUT2D eigenvalue weighted by Crippen LogP contribution is -2.53. The highest BCUT2D eigenvalue weighted by Gasteiger charge is 2.56. The summed E-state index contributed by atoms with van der Waals surface area (Å²) in [6.45, 7) is 1.10. The predicted molar refractivity (Wildman–Crippen MR) is 166 cm³/mol. The van der Waals surface area contributed by atoms with Crippen LogP contribution in [-0.2, 0) is 16.8 Å². The molecule has 10 rings (SSSR count). The molecule has 5 atom stereocenters. The molecule has 4 aromatic rings. The fourth-order valence-electron chi connectivity index (χ4n) is 8.74. The van der Waals surface area contributed by atoms with Gasteiger partial charge in [0, 0.05) is 37.2 Å². The highest BCUT2D eigenvalue weighted by molar-refractivity contribution is 6.02. The summed E-state index contributed by atoms with van der Waals surface area (Å²) in [5.74, 6) is 3.36. The molecular weight excluding hydrogens is 588 g/mol. The van der Waals surface area contributed by atoms with E-state index in [0.29, 0.717) is 48.3 Å². The number of rotatable bonds is 3. The summed E-state index contributed by atoms with van der Waals surface area (Å²) in [5, 5.41) is 24.3. The Morgan fingerprint density at radius 2 is 1.57 bits per heavy atom. The second-order valence-electron chi connectivity index (χ2n) is 12.8. The van der Waals surface area contributed by atoms with E-state index in [2.05, 4.69) is 46.0 Å². The van der Waals surface area contributed by atoms with E-state index in [1.54, 1.807) is 14.2 Å². The number of hydrogen-bond acceptors (Lipinski definition) is 9. The van der Waals surface area contributed by atoms with Crippen LogP contribution in [0, 0.1) is 0 Å². The van der Waals surface area contributed by atoms with Gasteiger partial charge >= 0.3 is 0 Å². The Hall–Kier alpha value is -4.48. The van der Waals surface area contributed by atoms with Gasteiger partial charge in [-0.15, -0.1) is 0 Å². The van der Waals surface area contributed by atoms with E-state index >= 15 is 0 Å². The Morgan fingerprint density at radius 1 is 0.848 bits per heavy atom. The van der Waals surface area contributed by atoms with Gasteiger partial charge in [-0.2, -0.15) is 0 Å². The molecule has 0 unspecified atom stereocenters. The van der Waals surface area contributed by atoms with Gasteiger partial charge in [0.2, 0.25) is 13.6 Å². The summed E-state index contributed by atoms with van der Waals surface area (Å²) in [6, 6.07) is 11.8. The van der Waals surface area contributed by atoms with Crippen molar-refractivity contribution in [2.24, 2.45) is 0 Å². The molecule has 0 saturated heterocycles. The summed E-state index contributed by atoms with van der Waals surface area (Å²) in [5.41, 5.74) is 7.13. The Kier molecular flexibility index (Phi) is 5.40. The average Bonchev–Trinajstić information content (AvgIpc) is 3.85. The number of aromatic nitrogens is 1. The third-order valence-corrected chi connectivity index (χ3v) is 10.8. The van der Waals surface area contributed by atoms with Crippen LogP contribution in [0.1, 0.15) is 46.9 Å². The normalized spacial score (nSPS) is 28.0. The molecular formula is C36H32N2O8. The summed E-state index contributed by atoms with van der Waals surface area (Å²) < 4.78 is 37.0. The lowest BCUT2D eigenvalue weighted by molar-refractivity contribution is -0.00862. The molecule has 6 aliphatic rings. The maximum atomic E-state index is 11.7. The van der Waals surface area contributed by atoms with E-state index < -0.39 is 17.7 Å². The van der Waals surface area contributed by atoms with Crippen LogP contribution in [0.5, 0.6) is 28.7 Å². The van der Waals surface area contributed by atoms with Gasteiger partial charge in [0.05, 0.1) is 49.1 Å². The number of ether oxygens (including phenoxy) is 6. The number of hydrogen-bond donors (Lipinski definition) is 2. The molecule has 10 nitrogen and oxygen atoms in total. The van der Waals surface area contributed by atoms with Crippen molar-refractivity contribution in [2.45, 2.75) is 42.9 Å². The number of fused-ring (bicyclic) bond motifs is 5. The molecule has 0 fully saturated rings. The first-order valence-electron chi connectivity index (χ1n) is 15.6. The van der Waals surface area contributed by atoms with Crippen molar-refractivity contribution in [1.29, 1.82) is 0 Å². The Balaban J connectivity index is 1.19. The van der Waals surface area contributed by atoms with Crippen LogP contribution in [0.2, 0.25) is 0 Å². The standard InChI is InChI=1S/C36H32N2O8/c1-41-19-4-3-18-7-26(38-15-28(40)23-10-32-33(46-17-45-32)11-25(23)36(18,38)12-19)24-13-37-14-27(39)21-8-30-31(44-16-43-30)9-22(21)34-29(42-2)6-5-20(24)35(34)37/h3-11,13,19,26-28,39-40H,12,14-17H2,1-2H3/t19-,26-,27-,28-,36-/m0/s1. The highest BCUT2D eigenvalue weighted by Crippen LogP contribution is 2.60. The van der Waals surface area contributed by atoms with Crippen molar-refractivity contribution in [1.82, 2.24) is 9.47 Å². The SMILES string of the molecule is COc1ccc2c([C@@H]3C=C4C=C[C@H](OC)C[C@@]45c4cc6c(cc4[C@@H](O)CN35)OCO6)cn3c2c1-c1cc2c(cc1[C@@H](O)C3)OCO2. The van der Waals surface area contributed by atoms with Gasteiger partial charge in [-0.05, 0) is 69.8 Å². The van der Waals surface area contributed by atoms with Gasteiger partial charge < -0.3 is 43.2 Å². The third-order valence-electron chi connectivity index (χ3n) is 10.8. The largest absolute Gasteiger partial charge is 0.496 e. The van der Waals surface area contributed by atoms with Crippen LogP contribution in [0.3, 0.4) is 0 Å². The summed E-state index contributed by atoms with van der Waals surface area (Å²) in [7, 11) is 3.42. The van der Waals surface area contributed by atoms with Gasteiger partial charge in [0.15, 0.2) is 23.0 Å². The Bertz CT molecular complexity index is 2050. The molecule has 46 heavy (non-hydrogen) atoms. The minimum Gasteiger partial charge on any atom is -0.496 e. The van der Waals surface area contributed by atoms with Crippen LogP contribution in [-0.4, -0.2) is 60.1 Å². The molecule has 0 radical (unpaired) electrons. The first-order chi connectivity index (χ1) is 22.5. The minimum atomic E-state index is -0.778. The average molecular weight is 621 g/mol. The van der Waals surface area contributed by atoms with Crippen LogP contribution in [0.15, 0.2) is 66.4 Å². The Morgan fingerprint density at radius 3 is 2.33 bits per heavy atom. The molecule has 1 aromatic heterocycles. The zero-order valence-electron chi connectivity index (χ0n) is 25.4. The molecule has 0 bridgehead atoms. The quantitative estimate of drug-likeness (QED) is 0.327. The summed E-state index contributed by atoms with van der Waals surface area (Å²) >= 11 is 0. The zero-order chi connectivity index (χ0) is 30.9. The fraction of sp³-hybridized carbons (Fsp3) is 0.333. The lowest BCUT2D eigenvalue weighted by Gasteiger charge is -2.51. The first kappa shape index (κ1) is 26.7. The lowest BCUT2D eigenvalue weighted by atomic mass is 9.70. The minimum absolute atomic E-state index is 0.103. The molecule has 5 aliphatic heterocycles. The van der Waals surface area contributed by atoms with Gasteiger partial charge in [-0.1, -0.05) is 18.2 Å². The van der Waals surface area contributed by atoms with E-state index in [4.69, 9.17) is 28.4 Å². The van der Waals surface area contributed by atoms with Gasteiger partial charge in [0.1, 0.15) is 5.75 Å². The van der Waals surface area contributed by atoms with E-state index in [1.165, 1.54) is 0 Å². The second kappa shape index (κ2) is 9.29. The van der Waals surface area contributed by atoms with Crippen LogP contribution in [0.4, 0.5) is 0 Å². The molecule has 1 aliphatic carbocycles. The number of benzene rings is 3. The van der Waals surface area contributed by atoms with Gasteiger partial charge in [0.25, 0.3) is 0 Å². The third kappa shape index (κ3) is 3.34. The van der Waals surface area contributed by atoms with Crippen molar-refractivity contribution in [3.8, 4) is 39.9 Å². The molecule has 2 N–H and O–H groups in total. The topological polar surface area (TPSA) is 104 Å². The molecule has 0 amide bonds. The van der Waals surface area contributed by atoms with Gasteiger partial charge in [-0.25, -0.2) is 0 Å². The molecule has 3 aromatic carbocycles. The molecule has 6 heterocycles. The number of aliphatic hydroxyl groups is 2. The summed E-state index contributed by atoms with van der Waals surface area (Å²) in [4.78, 5) is 2.42. The predicted octanol–water partition coefficient (Wildman–Crippen LogP) is 5.02. The van der Waals surface area contributed by atoms with E-state index in [1.807, 2.05) is 24.3 Å². The van der Waals surface area contributed by atoms with Crippen molar-refractivity contribution in [2.75, 3.05) is 34.4 Å². The zero-order valence-corrected chi connectivity index (χ0v) is 25.4. The summed E-state index contributed by atoms with van der Waals surface area (Å²) in [6.07, 6.45) is 7.87. The van der Waals surface area contributed by atoms with Crippen molar-refractivity contribution < 1.29 is 38.6 Å². The van der Waals surface area contributed by atoms with E-state index in [-0.39, 0.29) is 25.7 Å². The van der Waals surface area contributed by atoms with Crippen LogP contribution >= 0.6 is 0 Å². The molecule has 10 heteroatoms. The van der Waals surface area contributed by atoms with Crippen LogP contribution in [0.25, 0.3) is 22.0 Å². The van der Waals surface area contributed by atoms with Gasteiger partial charge in [-0.3, -0.25) is 4.90 Å². The smallest absolute Gasteiger partial charge is 0.231 e. The Labute approximate surface area is 264 Å². The molecule has 0 saturated carbocycles. The highest BCUT2D eigenvalue weighted by atomic mass is 16.7. The molecule has 234 valence electrons. The van der Waals surface area contributed by atoms with E-state index in [0.717, 1.165) is 49.9 Å². The number of methoxy groups -OCH3 is 2. The monoisotopic (exact) mass is 620 g/mol. The maximum absolute atomic E-state index is 11.7. The van der Waals surface area contributed by atoms with Crippen LogP contribution < -0.4 is 23.7 Å². The number of aliphatic hydroxyl groups excluding tert-OH is 2. The fourth-order valence-corrected chi connectivity index (χ4v) is 8.74. The van der Waals surface area contributed by atoms with Crippen molar-refractivity contribution in [3.63, 3.8) is 0 Å². The second-order valence-corrected chi connectivity index (χ2v) is 12.8. The molecule has 1 spiro atoms. The van der Waals surface area contributed by atoms with Crippen molar-refractivity contribution >= 4 is 10.9 Å². The van der Waals surface area contributed by atoms with Crippen molar-refractivity contribution in [3.05, 3.63) is 88.7 Å². The first-order valence-corrected chi connectivity index (χ1v) is 15.6. The number of nitrogens with zero attached hydrogens (tertiary/aromatic N) is 2.